The molecular formula is C22H32N6O3S. The van der Waals surface area contributed by atoms with E-state index in [1.165, 1.54) is 0 Å². The number of carbonyl (C=O) groups is 2. The Kier molecular flexibility index (Phi) is 9.07. The minimum Gasteiger partial charge on any atom is -0.379 e. The molecule has 1 aromatic heterocycles. The lowest BCUT2D eigenvalue weighted by Crippen LogP contribution is -2.39. The molecule has 0 bridgehead atoms. The van der Waals surface area contributed by atoms with Gasteiger partial charge in [0.05, 0.1) is 26.0 Å². The molecule has 0 saturated carbocycles. The number of rotatable bonds is 10. The highest BCUT2D eigenvalue weighted by atomic mass is 32.1. The molecule has 2 amide bonds. The third-order valence-corrected chi connectivity index (χ3v) is 5.65. The van der Waals surface area contributed by atoms with Gasteiger partial charge in [0.15, 0.2) is 0 Å². The van der Waals surface area contributed by atoms with Crippen LogP contribution in [0, 0.1) is 5.92 Å². The Morgan fingerprint density at radius 3 is 2.56 bits per heavy atom. The Labute approximate surface area is 194 Å². The third-order valence-electron chi connectivity index (χ3n) is 5.36. The predicted octanol–water partition coefficient (Wildman–Crippen LogP) is 1.53. The number of nitrogens with zero attached hydrogens (tertiary/aromatic N) is 4. The fraction of sp³-hybridized carbons (Fsp3) is 0.545. The van der Waals surface area contributed by atoms with Crippen LogP contribution in [0.15, 0.2) is 35.4 Å². The maximum Gasteiger partial charge on any atom is 0.251 e. The Balaban J connectivity index is 1.48. The number of amides is 2. The summed E-state index contributed by atoms with van der Waals surface area (Å²) < 4.78 is 6.94. The third kappa shape index (κ3) is 7.04. The first-order valence-electron chi connectivity index (χ1n) is 11.0. The van der Waals surface area contributed by atoms with Crippen LogP contribution in [0.1, 0.15) is 42.4 Å². The van der Waals surface area contributed by atoms with Crippen LogP contribution in [0.5, 0.6) is 0 Å². The van der Waals surface area contributed by atoms with Gasteiger partial charge in [0.25, 0.3) is 5.91 Å². The first-order valence-corrected chi connectivity index (χ1v) is 11.4. The van der Waals surface area contributed by atoms with E-state index in [-0.39, 0.29) is 24.3 Å². The molecule has 1 aromatic carbocycles. The zero-order valence-corrected chi connectivity index (χ0v) is 19.6. The summed E-state index contributed by atoms with van der Waals surface area (Å²) in [5.41, 5.74) is 1.14. The molecule has 0 spiro atoms. The van der Waals surface area contributed by atoms with Crippen molar-refractivity contribution in [3.05, 3.63) is 41.7 Å². The molecule has 9 nitrogen and oxygen atoms in total. The van der Waals surface area contributed by atoms with E-state index in [1.807, 2.05) is 13.8 Å². The van der Waals surface area contributed by atoms with Gasteiger partial charge in [-0.25, -0.2) is 4.68 Å². The molecule has 2 N–H and O–H groups in total. The Hall–Kier alpha value is -2.43. The zero-order valence-electron chi connectivity index (χ0n) is 18.7. The number of morpholine rings is 1. The summed E-state index contributed by atoms with van der Waals surface area (Å²) in [5, 5.41) is 14.1. The molecule has 0 aliphatic carbocycles. The molecule has 3 rings (SSSR count). The van der Waals surface area contributed by atoms with Crippen molar-refractivity contribution in [2.75, 3.05) is 39.4 Å². The second-order valence-corrected chi connectivity index (χ2v) is 8.72. The maximum atomic E-state index is 12.8. The van der Waals surface area contributed by atoms with Crippen LogP contribution in [0.4, 0.5) is 0 Å². The number of ether oxygens (including phenoxy) is 1. The van der Waals surface area contributed by atoms with E-state index >= 15 is 0 Å². The minimum atomic E-state index is -0.460. The standard InChI is InChI=1S/C22H32N6O3S/c1-16(2)20(22(30)23-8-3-9-27-10-12-31-13-11-27)28-15-18(25-26-28)14-24-21(29)17-4-6-19(32)7-5-17/h4-7,15-16,20,32H,3,8-14H2,1-2H3,(H,23,30)(H,24,29). The lowest BCUT2D eigenvalue weighted by atomic mass is 10.0. The summed E-state index contributed by atoms with van der Waals surface area (Å²) in [6.07, 6.45) is 2.61. The molecule has 2 heterocycles. The molecule has 1 unspecified atom stereocenters. The molecule has 1 aliphatic rings. The van der Waals surface area contributed by atoms with Gasteiger partial charge in [-0.2, -0.15) is 0 Å². The molecule has 1 saturated heterocycles. The van der Waals surface area contributed by atoms with Crippen LogP contribution >= 0.6 is 12.6 Å². The van der Waals surface area contributed by atoms with Gasteiger partial charge in [0.1, 0.15) is 11.7 Å². The number of nitrogens with one attached hydrogen (secondary N) is 2. The van der Waals surface area contributed by atoms with Crippen LogP contribution in [-0.4, -0.2) is 71.1 Å². The van der Waals surface area contributed by atoms with Gasteiger partial charge < -0.3 is 15.4 Å². The average molecular weight is 461 g/mol. The van der Waals surface area contributed by atoms with Crippen LogP contribution in [0.3, 0.4) is 0 Å². The van der Waals surface area contributed by atoms with Crippen molar-refractivity contribution in [3.8, 4) is 0 Å². The van der Waals surface area contributed by atoms with E-state index in [0.717, 1.165) is 44.2 Å². The molecule has 32 heavy (non-hydrogen) atoms. The van der Waals surface area contributed by atoms with E-state index in [9.17, 15) is 9.59 Å². The largest absolute Gasteiger partial charge is 0.379 e. The molecule has 174 valence electrons. The molecule has 0 radical (unpaired) electrons. The fourth-order valence-corrected chi connectivity index (χ4v) is 3.74. The predicted molar refractivity (Wildman–Crippen MR) is 124 cm³/mol. The monoisotopic (exact) mass is 460 g/mol. The summed E-state index contributed by atoms with van der Waals surface area (Å²) in [5.74, 6) is -0.237. The van der Waals surface area contributed by atoms with Gasteiger partial charge in [-0.15, -0.1) is 17.7 Å². The molecule has 10 heteroatoms. The van der Waals surface area contributed by atoms with E-state index < -0.39 is 6.04 Å². The molecular weight excluding hydrogens is 428 g/mol. The number of thiol groups is 1. The van der Waals surface area contributed by atoms with E-state index in [1.54, 1.807) is 35.1 Å². The lowest BCUT2D eigenvalue weighted by Gasteiger charge is -2.26. The Morgan fingerprint density at radius 2 is 1.88 bits per heavy atom. The Morgan fingerprint density at radius 1 is 1.16 bits per heavy atom. The summed E-state index contributed by atoms with van der Waals surface area (Å²) in [6.45, 7) is 9.19. The quantitative estimate of drug-likeness (QED) is 0.367. The van der Waals surface area contributed by atoms with Crippen LogP contribution in [0.25, 0.3) is 0 Å². The van der Waals surface area contributed by atoms with Gasteiger partial charge in [0.2, 0.25) is 5.91 Å². The van der Waals surface area contributed by atoms with Crippen molar-refractivity contribution >= 4 is 24.4 Å². The van der Waals surface area contributed by atoms with Gasteiger partial charge in [-0.05, 0) is 43.1 Å². The first-order chi connectivity index (χ1) is 15.4. The van der Waals surface area contributed by atoms with E-state index in [0.29, 0.717) is 17.8 Å². The minimum absolute atomic E-state index is 0.0399. The topological polar surface area (TPSA) is 101 Å². The van der Waals surface area contributed by atoms with Gasteiger partial charge >= 0.3 is 0 Å². The highest BCUT2D eigenvalue weighted by molar-refractivity contribution is 7.80. The molecule has 2 aromatic rings. The van der Waals surface area contributed by atoms with Gasteiger partial charge in [0, 0.05) is 30.1 Å². The number of aromatic nitrogens is 3. The van der Waals surface area contributed by atoms with Crippen molar-refractivity contribution in [2.45, 2.75) is 37.8 Å². The smallest absolute Gasteiger partial charge is 0.251 e. The van der Waals surface area contributed by atoms with E-state index in [2.05, 4.69) is 38.5 Å². The van der Waals surface area contributed by atoms with Crippen molar-refractivity contribution < 1.29 is 14.3 Å². The van der Waals surface area contributed by atoms with E-state index in [4.69, 9.17) is 4.74 Å². The SMILES string of the molecule is CC(C)C(C(=O)NCCCN1CCOCC1)n1cc(CNC(=O)c2ccc(S)cc2)nn1. The lowest BCUT2D eigenvalue weighted by molar-refractivity contribution is -0.125. The highest BCUT2D eigenvalue weighted by Crippen LogP contribution is 2.17. The van der Waals surface area contributed by atoms with Crippen molar-refractivity contribution in [1.29, 1.82) is 0 Å². The van der Waals surface area contributed by atoms with Crippen LogP contribution in [-0.2, 0) is 16.1 Å². The zero-order chi connectivity index (χ0) is 22.9. The first kappa shape index (κ1) is 24.2. The number of hydrogen-bond donors (Lipinski definition) is 3. The maximum absolute atomic E-state index is 12.8. The summed E-state index contributed by atoms with van der Waals surface area (Å²) in [7, 11) is 0. The second-order valence-electron chi connectivity index (χ2n) is 8.21. The van der Waals surface area contributed by atoms with Gasteiger partial charge in [-0.1, -0.05) is 19.1 Å². The number of carbonyl (C=O) groups excluding carboxylic acids is 2. The molecule has 1 atom stereocenters. The number of hydrogen-bond acceptors (Lipinski definition) is 7. The summed E-state index contributed by atoms with van der Waals surface area (Å²) in [4.78, 5) is 28.2. The van der Waals surface area contributed by atoms with Crippen LogP contribution in [0.2, 0.25) is 0 Å². The Bertz CT molecular complexity index is 880. The van der Waals surface area contributed by atoms with Crippen molar-refractivity contribution in [2.24, 2.45) is 5.92 Å². The van der Waals surface area contributed by atoms with Crippen molar-refractivity contribution in [1.82, 2.24) is 30.5 Å². The van der Waals surface area contributed by atoms with Gasteiger partial charge in [-0.3, -0.25) is 14.5 Å². The average Bonchev–Trinajstić information content (AvgIpc) is 3.24. The normalized spacial score (nSPS) is 15.5. The number of benzene rings is 1. The second kappa shape index (κ2) is 12.0. The summed E-state index contributed by atoms with van der Waals surface area (Å²) >= 11 is 4.22. The fourth-order valence-electron chi connectivity index (χ4n) is 3.59. The molecule has 1 aliphatic heterocycles. The van der Waals surface area contributed by atoms with Crippen LogP contribution < -0.4 is 10.6 Å². The highest BCUT2D eigenvalue weighted by Gasteiger charge is 2.25. The summed E-state index contributed by atoms with van der Waals surface area (Å²) in [6, 6.07) is 6.50. The van der Waals surface area contributed by atoms with Crippen molar-refractivity contribution in [3.63, 3.8) is 0 Å². The molecule has 1 fully saturated rings.